The first-order chi connectivity index (χ1) is 16.9. The fraction of sp³-hybridized carbons (Fsp3) is 0.292. The molecule has 0 aliphatic carbocycles. The van der Waals surface area contributed by atoms with Crippen LogP contribution in [0.4, 0.5) is 5.95 Å². The second-order valence-corrected chi connectivity index (χ2v) is 8.70. The maximum absolute atomic E-state index is 13.7. The summed E-state index contributed by atoms with van der Waals surface area (Å²) in [5.74, 6) is 0.396. The predicted octanol–water partition coefficient (Wildman–Crippen LogP) is 2.62. The number of nitrogens with one attached hydrogen (secondary N) is 1. The number of pyridine rings is 1. The van der Waals surface area contributed by atoms with E-state index in [9.17, 15) is 4.79 Å². The largest absolute Gasteiger partial charge is 0.357 e. The standard InChI is InChI=1S/C24H24ClN7O3/c1-13-7-28-9-20(30-13)14-3-4-17(19(25)6-14)18-5-15-8-29-24(27-2)31-22(15)32(23(18)33)10-21-34-11-16(26)12-35-21/h3-9,16,21H,10-12,26H2,1-2H3,(H,27,29,31). The molecule has 4 aromatic rings. The summed E-state index contributed by atoms with van der Waals surface area (Å²) in [6, 6.07) is 7.01. The second kappa shape index (κ2) is 9.67. The van der Waals surface area contributed by atoms with Gasteiger partial charge in [0.25, 0.3) is 5.56 Å². The van der Waals surface area contributed by atoms with Crippen LogP contribution in [0.25, 0.3) is 33.4 Å². The molecule has 0 unspecified atom stereocenters. The number of nitrogens with two attached hydrogens (primary N) is 1. The lowest BCUT2D eigenvalue weighted by atomic mass is 10.0. The molecule has 10 nitrogen and oxygen atoms in total. The molecule has 180 valence electrons. The summed E-state index contributed by atoms with van der Waals surface area (Å²) >= 11 is 6.68. The number of anilines is 1. The van der Waals surface area contributed by atoms with Crippen LogP contribution in [0.15, 0.2) is 47.7 Å². The zero-order chi connectivity index (χ0) is 24.5. The fourth-order valence-corrected chi connectivity index (χ4v) is 4.23. The van der Waals surface area contributed by atoms with Crippen molar-refractivity contribution in [3.63, 3.8) is 0 Å². The van der Waals surface area contributed by atoms with E-state index in [0.717, 1.165) is 11.3 Å². The van der Waals surface area contributed by atoms with Crippen molar-refractivity contribution < 1.29 is 9.47 Å². The molecule has 0 bridgehead atoms. The summed E-state index contributed by atoms with van der Waals surface area (Å²) in [6.07, 6.45) is 4.40. The molecule has 0 amide bonds. The number of benzene rings is 1. The molecule has 0 atom stereocenters. The Labute approximate surface area is 206 Å². The minimum absolute atomic E-state index is 0.143. The van der Waals surface area contributed by atoms with Crippen LogP contribution in [0.5, 0.6) is 0 Å². The van der Waals surface area contributed by atoms with Crippen LogP contribution >= 0.6 is 11.6 Å². The quantitative estimate of drug-likeness (QED) is 0.430. The van der Waals surface area contributed by atoms with E-state index in [1.807, 2.05) is 19.1 Å². The molecule has 1 aliphatic rings. The van der Waals surface area contributed by atoms with Gasteiger partial charge in [0.05, 0.1) is 43.4 Å². The highest BCUT2D eigenvalue weighted by Crippen LogP contribution is 2.31. The van der Waals surface area contributed by atoms with Crippen LogP contribution in [-0.2, 0) is 16.0 Å². The summed E-state index contributed by atoms with van der Waals surface area (Å²) in [5, 5.41) is 4.00. The van der Waals surface area contributed by atoms with Crippen molar-refractivity contribution in [2.45, 2.75) is 25.8 Å². The molecule has 0 spiro atoms. The molecule has 5 rings (SSSR count). The van der Waals surface area contributed by atoms with Crippen molar-refractivity contribution in [2.24, 2.45) is 5.73 Å². The van der Waals surface area contributed by atoms with Crippen molar-refractivity contribution >= 4 is 28.6 Å². The van der Waals surface area contributed by atoms with E-state index in [2.05, 4.69) is 25.3 Å². The summed E-state index contributed by atoms with van der Waals surface area (Å²) in [4.78, 5) is 31.3. The van der Waals surface area contributed by atoms with Crippen molar-refractivity contribution in [1.29, 1.82) is 0 Å². The van der Waals surface area contributed by atoms with Crippen LogP contribution in [0, 0.1) is 6.92 Å². The number of nitrogens with zero attached hydrogens (tertiary/aromatic N) is 5. The molecule has 1 fully saturated rings. The van der Waals surface area contributed by atoms with Gasteiger partial charge in [-0.1, -0.05) is 23.7 Å². The number of halogens is 1. The molecule has 1 saturated heterocycles. The Morgan fingerprint density at radius 3 is 2.66 bits per heavy atom. The highest BCUT2D eigenvalue weighted by molar-refractivity contribution is 6.33. The summed E-state index contributed by atoms with van der Waals surface area (Å²) in [7, 11) is 1.71. The van der Waals surface area contributed by atoms with Gasteiger partial charge in [0.15, 0.2) is 6.29 Å². The van der Waals surface area contributed by atoms with Crippen molar-refractivity contribution in [3.8, 4) is 22.4 Å². The topological polar surface area (TPSA) is 130 Å². The van der Waals surface area contributed by atoms with Crippen LogP contribution in [0.1, 0.15) is 5.69 Å². The number of ether oxygens (including phenoxy) is 2. The third-order valence-corrected chi connectivity index (χ3v) is 6.00. The lowest BCUT2D eigenvalue weighted by molar-refractivity contribution is -0.191. The Balaban J connectivity index is 1.61. The third kappa shape index (κ3) is 4.73. The monoisotopic (exact) mass is 493 g/mol. The van der Waals surface area contributed by atoms with Gasteiger partial charge in [-0.25, -0.2) is 9.97 Å². The number of aromatic nitrogens is 5. The van der Waals surface area contributed by atoms with E-state index < -0.39 is 6.29 Å². The maximum Gasteiger partial charge on any atom is 0.260 e. The highest BCUT2D eigenvalue weighted by atomic mass is 35.5. The molecule has 3 N–H and O–H groups in total. The molecule has 35 heavy (non-hydrogen) atoms. The molecule has 1 aromatic carbocycles. The van der Waals surface area contributed by atoms with Crippen LogP contribution in [-0.4, -0.2) is 57.1 Å². The fourth-order valence-electron chi connectivity index (χ4n) is 3.95. The van der Waals surface area contributed by atoms with Crippen LogP contribution < -0.4 is 16.6 Å². The van der Waals surface area contributed by atoms with Gasteiger partial charge in [0.1, 0.15) is 5.65 Å². The van der Waals surface area contributed by atoms with Crippen molar-refractivity contribution in [2.75, 3.05) is 25.6 Å². The van der Waals surface area contributed by atoms with E-state index in [4.69, 9.17) is 26.8 Å². The van der Waals surface area contributed by atoms with Crippen molar-refractivity contribution in [3.05, 3.63) is 63.9 Å². The molecular weight excluding hydrogens is 470 g/mol. The molecule has 0 saturated carbocycles. The first kappa shape index (κ1) is 23.3. The summed E-state index contributed by atoms with van der Waals surface area (Å²) in [5.41, 5.74) is 9.35. The maximum atomic E-state index is 13.7. The van der Waals surface area contributed by atoms with Gasteiger partial charge in [-0.15, -0.1) is 0 Å². The number of aryl methyl sites for hydroxylation is 1. The Kier molecular flexibility index (Phi) is 6.44. The molecule has 0 radical (unpaired) electrons. The SMILES string of the molecule is CNc1ncc2cc(-c3ccc(-c4cncc(C)n4)cc3Cl)c(=O)n(CC3OCC(N)CO3)c2n1. The Morgan fingerprint density at radius 1 is 1.14 bits per heavy atom. The Morgan fingerprint density at radius 2 is 1.94 bits per heavy atom. The van der Waals surface area contributed by atoms with E-state index in [1.165, 1.54) is 4.57 Å². The lowest BCUT2D eigenvalue weighted by Gasteiger charge is -2.28. The normalized spacial score (nSPS) is 18.1. The predicted molar refractivity (Wildman–Crippen MR) is 133 cm³/mol. The number of hydrogen-bond donors (Lipinski definition) is 2. The Hall–Kier alpha value is -3.44. The number of hydrogen-bond acceptors (Lipinski definition) is 9. The summed E-state index contributed by atoms with van der Waals surface area (Å²) < 4.78 is 12.9. The van der Waals surface area contributed by atoms with Gasteiger partial charge in [-0.05, 0) is 19.1 Å². The molecular formula is C24H24ClN7O3. The zero-order valence-electron chi connectivity index (χ0n) is 19.2. The third-order valence-electron chi connectivity index (χ3n) is 5.68. The molecule has 1 aliphatic heterocycles. The molecule has 11 heteroatoms. The first-order valence-corrected chi connectivity index (χ1v) is 11.5. The smallest absolute Gasteiger partial charge is 0.260 e. The first-order valence-electron chi connectivity index (χ1n) is 11.1. The highest BCUT2D eigenvalue weighted by Gasteiger charge is 2.23. The van der Waals surface area contributed by atoms with Crippen LogP contribution in [0.3, 0.4) is 0 Å². The van der Waals surface area contributed by atoms with E-state index in [0.29, 0.717) is 52.0 Å². The van der Waals surface area contributed by atoms with Gasteiger partial charge in [0, 0.05) is 46.5 Å². The summed E-state index contributed by atoms with van der Waals surface area (Å²) in [6.45, 7) is 2.72. The minimum Gasteiger partial charge on any atom is -0.357 e. The average Bonchev–Trinajstić information content (AvgIpc) is 2.86. The van der Waals surface area contributed by atoms with Crippen molar-refractivity contribution in [1.82, 2.24) is 24.5 Å². The van der Waals surface area contributed by atoms with Gasteiger partial charge >= 0.3 is 0 Å². The minimum atomic E-state index is -0.628. The lowest BCUT2D eigenvalue weighted by Crippen LogP contribution is -2.43. The van der Waals surface area contributed by atoms with E-state index in [1.54, 1.807) is 37.8 Å². The molecule has 3 aromatic heterocycles. The average molecular weight is 494 g/mol. The van der Waals surface area contributed by atoms with Gasteiger partial charge in [-0.2, -0.15) is 4.98 Å². The van der Waals surface area contributed by atoms with Gasteiger partial charge in [0.2, 0.25) is 5.95 Å². The van der Waals surface area contributed by atoms with Gasteiger partial charge < -0.3 is 20.5 Å². The Bertz CT molecular complexity index is 1450. The van der Waals surface area contributed by atoms with E-state index in [-0.39, 0.29) is 18.1 Å². The number of rotatable bonds is 5. The van der Waals surface area contributed by atoms with Crippen LogP contribution in [0.2, 0.25) is 5.02 Å². The second-order valence-electron chi connectivity index (χ2n) is 8.29. The molecule has 4 heterocycles. The zero-order valence-corrected chi connectivity index (χ0v) is 20.0. The number of fused-ring (bicyclic) bond motifs is 1. The van der Waals surface area contributed by atoms with E-state index >= 15 is 0 Å². The van der Waals surface area contributed by atoms with Gasteiger partial charge in [-0.3, -0.25) is 14.3 Å².